The summed E-state index contributed by atoms with van der Waals surface area (Å²) in [7, 11) is 0. The van der Waals surface area contributed by atoms with Gasteiger partial charge in [0.25, 0.3) is 0 Å². The summed E-state index contributed by atoms with van der Waals surface area (Å²) >= 11 is 0. The zero-order valence-electron chi connectivity index (χ0n) is 8.66. The first-order valence-electron chi connectivity index (χ1n) is 5.71. The van der Waals surface area contributed by atoms with Crippen molar-refractivity contribution in [1.82, 2.24) is 0 Å². The van der Waals surface area contributed by atoms with Crippen LogP contribution in [-0.4, -0.2) is 12.3 Å². The molecule has 1 aromatic rings. The molecule has 0 aromatic heterocycles. The molecule has 0 amide bonds. The van der Waals surface area contributed by atoms with Crippen LogP contribution < -0.4 is 4.74 Å². The predicted octanol–water partition coefficient (Wildman–Crippen LogP) is 3.13. The Morgan fingerprint density at radius 3 is 3.00 bits per heavy atom. The van der Waals surface area contributed by atoms with Crippen LogP contribution >= 0.6 is 0 Å². The van der Waals surface area contributed by atoms with Gasteiger partial charge in [-0.15, -0.1) is 0 Å². The number of fused-ring (bicyclic) bond motifs is 2. The van der Waals surface area contributed by atoms with Gasteiger partial charge in [0.1, 0.15) is 18.0 Å². The van der Waals surface area contributed by atoms with Crippen molar-refractivity contribution in [1.29, 1.82) is 0 Å². The zero-order valence-corrected chi connectivity index (χ0v) is 8.66. The van der Waals surface area contributed by atoms with Crippen molar-refractivity contribution in [3.63, 3.8) is 0 Å². The van der Waals surface area contributed by atoms with Gasteiger partial charge < -0.3 is 4.74 Å². The molecule has 0 spiro atoms. The predicted molar refractivity (Wildman–Crippen MR) is 56.8 cm³/mol. The lowest BCUT2D eigenvalue weighted by Gasteiger charge is -2.38. The lowest BCUT2D eigenvalue weighted by Crippen LogP contribution is -2.38. The van der Waals surface area contributed by atoms with E-state index >= 15 is 0 Å². The summed E-state index contributed by atoms with van der Waals surface area (Å²) in [4.78, 5) is 0. The number of alkyl halides is 1. The molecule has 3 atom stereocenters. The summed E-state index contributed by atoms with van der Waals surface area (Å²) in [5, 5.41) is 0. The Labute approximate surface area is 89.3 Å². The van der Waals surface area contributed by atoms with E-state index in [1.54, 1.807) is 0 Å². The van der Waals surface area contributed by atoms with Gasteiger partial charge in [-0.05, 0) is 37.3 Å². The molecule has 0 saturated heterocycles. The van der Waals surface area contributed by atoms with Crippen LogP contribution in [0.15, 0.2) is 24.3 Å². The fraction of sp³-hybridized carbons (Fsp3) is 0.538. The first kappa shape index (κ1) is 9.20. The number of hydrogen-bond donors (Lipinski definition) is 0. The maximum atomic E-state index is 13.3. The van der Waals surface area contributed by atoms with Crippen molar-refractivity contribution in [3.05, 3.63) is 29.8 Å². The molecule has 1 nitrogen and oxygen atoms in total. The standard InChI is InChI=1S/C13H15FO/c14-11-5-6-13-10(8-11)7-9-3-1-2-4-12(9)15-13/h1-4,10-11,13H,5-8H2. The van der Waals surface area contributed by atoms with Crippen molar-refractivity contribution >= 4 is 0 Å². The molecular formula is C13H15FO. The lowest BCUT2D eigenvalue weighted by atomic mass is 9.79. The molecule has 15 heavy (non-hydrogen) atoms. The molecule has 2 aliphatic rings. The maximum absolute atomic E-state index is 13.3. The third-order valence-electron chi connectivity index (χ3n) is 3.58. The number of hydrogen-bond acceptors (Lipinski definition) is 1. The molecule has 3 unspecified atom stereocenters. The fourth-order valence-electron chi connectivity index (χ4n) is 2.78. The molecule has 1 saturated carbocycles. The highest BCUT2D eigenvalue weighted by Gasteiger charge is 2.35. The first-order valence-corrected chi connectivity index (χ1v) is 5.71. The van der Waals surface area contributed by atoms with Gasteiger partial charge >= 0.3 is 0 Å². The number of para-hydroxylation sites is 1. The van der Waals surface area contributed by atoms with Gasteiger partial charge in [0.2, 0.25) is 0 Å². The van der Waals surface area contributed by atoms with Crippen LogP contribution in [0.1, 0.15) is 24.8 Å². The van der Waals surface area contributed by atoms with Crippen LogP contribution in [-0.2, 0) is 6.42 Å². The highest BCUT2D eigenvalue weighted by Crippen LogP contribution is 2.38. The second-order valence-corrected chi connectivity index (χ2v) is 4.64. The first-order chi connectivity index (χ1) is 7.33. The van der Waals surface area contributed by atoms with Crippen molar-refractivity contribution in [2.75, 3.05) is 0 Å². The van der Waals surface area contributed by atoms with Gasteiger partial charge in [-0.25, -0.2) is 4.39 Å². The molecule has 2 heteroatoms. The lowest BCUT2D eigenvalue weighted by molar-refractivity contribution is 0.0417. The highest BCUT2D eigenvalue weighted by atomic mass is 19.1. The Morgan fingerprint density at radius 1 is 1.20 bits per heavy atom. The smallest absolute Gasteiger partial charge is 0.122 e. The average Bonchev–Trinajstić information content (AvgIpc) is 2.26. The van der Waals surface area contributed by atoms with Crippen molar-refractivity contribution < 1.29 is 9.13 Å². The number of rotatable bonds is 0. The van der Waals surface area contributed by atoms with Crippen molar-refractivity contribution in [3.8, 4) is 5.75 Å². The summed E-state index contributed by atoms with van der Waals surface area (Å²) in [5.41, 5.74) is 1.24. The number of halogens is 1. The fourth-order valence-corrected chi connectivity index (χ4v) is 2.78. The minimum absolute atomic E-state index is 0.256. The summed E-state index contributed by atoms with van der Waals surface area (Å²) in [6.07, 6.45) is 2.86. The van der Waals surface area contributed by atoms with Gasteiger partial charge in [0.05, 0.1) is 0 Å². The molecule has 1 aromatic carbocycles. The highest BCUT2D eigenvalue weighted by molar-refractivity contribution is 5.35. The van der Waals surface area contributed by atoms with Gasteiger partial charge in [-0.1, -0.05) is 18.2 Å². The van der Waals surface area contributed by atoms with Crippen LogP contribution in [0.3, 0.4) is 0 Å². The maximum Gasteiger partial charge on any atom is 0.122 e. The molecule has 1 aliphatic heterocycles. The van der Waals surface area contributed by atoms with Crippen LogP contribution in [0.4, 0.5) is 4.39 Å². The van der Waals surface area contributed by atoms with E-state index in [4.69, 9.17) is 4.74 Å². The monoisotopic (exact) mass is 206 g/mol. The van der Waals surface area contributed by atoms with E-state index in [0.29, 0.717) is 18.8 Å². The topological polar surface area (TPSA) is 9.23 Å². The van der Waals surface area contributed by atoms with Gasteiger partial charge in [0, 0.05) is 5.92 Å². The van der Waals surface area contributed by atoms with E-state index in [0.717, 1.165) is 18.6 Å². The second-order valence-electron chi connectivity index (χ2n) is 4.64. The minimum atomic E-state index is -0.611. The van der Waals surface area contributed by atoms with Gasteiger partial charge in [-0.2, -0.15) is 0 Å². The molecule has 0 bridgehead atoms. The molecule has 1 heterocycles. The SMILES string of the molecule is FC1CCC2Oc3ccccc3CC2C1. The van der Waals surface area contributed by atoms with E-state index in [1.165, 1.54) is 5.56 Å². The third kappa shape index (κ3) is 1.62. The van der Waals surface area contributed by atoms with Crippen LogP contribution in [0, 0.1) is 5.92 Å². The van der Waals surface area contributed by atoms with Crippen LogP contribution in [0.25, 0.3) is 0 Å². The van der Waals surface area contributed by atoms with E-state index in [1.807, 2.05) is 18.2 Å². The molecule has 0 radical (unpaired) electrons. The number of benzene rings is 1. The average molecular weight is 206 g/mol. The minimum Gasteiger partial charge on any atom is -0.490 e. The van der Waals surface area contributed by atoms with Gasteiger partial charge in [0.15, 0.2) is 0 Å². The van der Waals surface area contributed by atoms with E-state index < -0.39 is 6.17 Å². The van der Waals surface area contributed by atoms with Gasteiger partial charge in [-0.3, -0.25) is 0 Å². The number of ether oxygens (including phenoxy) is 1. The Kier molecular flexibility index (Phi) is 2.15. The Morgan fingerprint density at radius 2 is 2.07 bits per heavy atom. The molecule has 80 valence electrons. The molecule has 1 aliphatic carbocycles. The Bertz CT molecular complexity index is 363. The molecule has 0 N–H and O–H groups in total. The van der Waals surface area contributed by atoms with Crippen molar-refractivity contribution in [2.24, 2.45) is 5.92 Å². The Hall–Kier alpha value is -1.05. The zero-order chi connectivity index (χ0) is 10.3. The largest absolute Gasteiger partial charge is 0.490 e. The molecular weight excluding hydrogens is 191 g/mol. The Balaban J connectivity index is 1.87. The van der Waals surface area contributed by atoms with Crippen LogP contribution in [0.5, 0.6) is 5.75 Å². The summed E-state index contributed by atoms with van der Waals surface area (Å²) in [5.74, 6) is 1.40. The summed E-state index contributed by atoms with van der Waals surface area (Å²) in [6.45, 7) is 0. The van der Waals surface area contributed by atoms with E-state index in [2.05, 4.69) is 6.07 Å². The van der Waals surface area contributed by atoms with E-state index in [-0.39, 0.29) is 6.10 Å². The van der Waals surface area contributed by atoms with Crippen LogP contribution in [0.2, 0.25) is 0 Å². The second kappa shape index (κ2) is 3.51. The molecule has 3 rings (SSSR count). The summed E-state index contributed by atoms with van der Waals surface area (Å²) in [6, 6.07) is 8.14. The quantitative estimate of drug-likeness (QED) is 0.633. The van der Waals surface area contributed by atoms with E-state index in [9.17, 15) is 4.39 Å². The summed E-state index contributed by atoms with van der Waals surface area (Å²) < 4.78 is 19.2. The molecule has 1 fully saturated rings. The van der Waals surface area contributed by atoms with Crippen molar-refractivity contribution in [2.45, 2.75) is 38.0 Å². The normalized spacial score (nSPS) is 33.8. The third-order valence-corrected chi connectivity index (χ3v) is 3.58.